The second kappa shape index (κ2) is 7.70. The van der Waals surface area contributed by atoms with Crippen LogP contribution in [-0.4, -0.2) is 11.7 Å². The van der Waals surface area contributed by atoms with Gasteiger partial charge in [-0.15, -0.1) is 11.3 Å². The van der Waals surface area contributed by atoms with Crippen LogP contribution in [-0.2, 0) is 0 Å². The van der Waals surface area contributed by atoms with Crippen molar-refractivity contribution in [3.05, 3.63) is 92.3 Å². The van der Waals surface area contributed by atoms with E-state index < -0.39 is 5.91 Å². The largest absolute Gasteiger partial charge is 0.366 e. The molecule has 0 bridgehead atoms. The molecule has 0 radical (unpaired) electrons. The first-order chi connectivity index (χ1) is 14.0. The Balaban J connectivity index is 1.94. The molecule has 1 amide bonds. The number of amides is 1. The van der Waals surface area contributed by atoms with Crippen molar-refractivity contribution in [3.63, 3.8) is 0 Å². The van der Waals surface area contributed by atoms with Crippen LogP contribution in [0.2, 0.25) is 5.02 Å². The molecular formula is C23H17ClN2O2S. The van der Waals surface area contributed by atoms with E-state index in [-0.39, 0.29) is 5.78 Å². The maximum Gasteiger partial charge on any atom is 0.250 e. The molecule has 29 heavy (non-hydrogen) atoms. The van der Waals surface area contributed by atoms with Crippen molar-refractivity contribution < 1.29 is 9.59 Å². The predicted octanol–water partition coefficient (Wildman–Crippen LogP) is 5.66. The number of ketones is 1. The molecule has 1 aliphatic rings. The Hall–Kier alpha value is -3.15. The molecule has 0 unspecified atom stereocenters. The van der Waals surface area contributed by atoms with Crippen molar-refractivity contribution in [1.29, 1.82) is 0 Å². The summed E-state index contributed by atoms with van der Waals surface area (Å²) in [6, 6.07) is 12.6. The summed E-state index contributed by atoms with van der Waals surface area (Å²) in [5.74, 6) is -0.726. The first-order valence-corrected chi connectivity index (χ1v) is 10.1. The first-order valence-electron chi connectivity index (χ1n) is 8.94. The maximum absolute atomic E-state index is 13.6. The summed E-state index contributed by atoms with van der Waals surface area (Å²) in [4.78, 5) is 27.0. The summed E-state index contributed by atoms with van der Waals surface area (Å²) < 4.78 is 0. The Morgan fingerprint density at radius 3 is 2.66 bits per heavy atom. The van der Waals surface area contributed by atoms with Crippen molar-refractivity contribution in [2.24, 2.45) is 5.73 Å². The predicted molar refractivity (Wildman–Crippen MR) is 120 cm³/mol. The minimum absolute atomic E-state index is 0.161. The van der Waals surface area contributed by atoms with Gasteiger partial charge in [0.05, 0.1) is 10.4 Å². The Morgan fingerprint density at radius 2 is 1.90 bits per heavy atom. The number of primary amides is 1. The van der Waals surface area contributed by atoms with Crippen LogP contribution in [0.1, 0.15) is 36.0 Å². The number of carbonyl (C=O) groups is 2. The molecule has 0 atom stereocenters. The lowest BCUT2D eigenvalue weighted by Gasteiger charge is -2.11. The Morgan fingerprint density at radius 1 is 1.10 bits per heavy atom. The number of anilines is 1. The molecule has 1 aromatic heterocycles. The van der Waals surface area contributed by atoms with E-state index in [4.69, 9.17) is 17.3 Å². The Kier molecular flexibility index (Phi) is 5.09. The third-order valence-corrected chi connectivity index (χ3v) is 6.05. The van der Waals surface area contributed by atoms with E-state index in [2.05, 4.69) is 5.32 Å². The van der Waals surface area contributed by atoms with Crippen LogP contribution in [0.3, 0.4) is 0 Å². The number of nitrogens with two attached hydrogens (primary N) is 1. The standard InChI is InChI=1S/C23H17ClN2O2S/c1-13-19(23(25)28)20(14-6-4-7-15(24)12-14)22(29-13)21(27)17-9-5-10-18-16(17)8-2-3-11-26-18/h2-12,26H,1H3,(H2,25,28). The maximum atomic E-state index is 13.6. The normalized spacial score (nSPS) is 12.2. The molecular weight excluding hydrogens is 404 g/mol. The average molecular weight is 421 g/mol. The number of allylic oxidation sites excluding steroid dienone is 2. The molecule has 2 heterocycles. The summed E-state index contributed by atoms with van der Waals surface area (Å²) in [6.07, 6.45) is 7.45. The second-order valence-corrected chi connectivity index (χ2v) is 8.23. The van der Waals surface area contributed by atoms with Crippen LogP contribution in [0, 0.1) is 6.92 Å². The lowest BCUT2D eigenvalue weighted by molar-refractivity contribution is 0.100. The highest BCUT2D eigenvalue weighted by atomic mass is 35.5. The molecule has 6 heteroatoms. The van der Waals surface area contributed by atoms with Gasteiger partial charge < -0.3 is 11.1 Å². The molecule has 4 rings (SSSR count). The third-order valence-electron chi connectivity index (χ3n) is 4.71. The fourth-order valence-corrected chi connectivity index (χ4v) is 4.78. The number of nitrogens with one attached hydrogen (secondary N) is 1. The molecule has 1 aliphatic heterocycles. The van der Waals surface area contributed by atoms with Crippen LogP contribution in [0.15, 0.2) is 60.8 Å². The second-order valence-electron chi connectivity index (χ2n) is 6.57. The number of hydrogen-bond acceptors (Lipinski definition) is 4. The average Bonchev–Trinajstić information content (AvgIpc) is 2.87. The van der Waals surface area contributed by atoms with E-state index in [1.54, 1.807) is 31.2 Å². The monoisotopic (exact) mass is 420 g/mol. The minimum Gasteiger partial charge on any atom is -0.366 e. The molecule has 3 aromatic rings. The van der Waals surface area contributed by atoms with Gasteiger partial charge in [-0.3, -0.25) is 9.59 Å². The van der Waals surface area contributed by atoms with Crippen LogP contribution in [0.4, 0.5) is 5.69 Å². The van der Waals surface area contributed by atoms with Gasteiger partial charge in [-0.25, -0.2) is 0 Å². The third kappa shape index (κ3) is 3.50. The summed E-state index contributed by atoms with van der Waals surface area (Å²) in [5, 5.41) is 3.70. The number of thiophene rings is 1. The molecule has 0 saturated carbocycles. The van der Waals surface area contributed by atoms with E-state index in [0.717, 1.165) is 11.3 Å². The fraction of sp³-hybridized carbons (Fsp3) is 0.0435. The molecule has 144 valence electrons. The van der Waals surface area contributed by atoms with Gasteiger partial charge in [0.1, 0.15) is 0 Å². The Bertz CT molecular complexity index is 1210. The highest BCUT2D eigenvalue weighted by molar-refractivity contribution is 7.15. The number of fused-ring (bicyclic) bond motifs is 1. The number of rotatable bonds is 4. The van der Waals surface area contributed by atoms with Gasteiger partial charge >= 0.3 is 0 Å². The number of carbonyl (C=O) groups excluding carboxylic acids is 2. The number of hydrogen-bond donors (Lipinski definition) is 2. The lowest BCUT2D eigenvalue weighted by Crippen LogP contribution is -2.13. The zero-order chi connectivity index (χ0) is 20.5. The quantitative estimate of drug-likeness (QED) is 0.535. The SMILES string of the molecule is Cc1sc(C(=O)c2cccc3c2C=CC=CN3)c(-c2cccc(Cl)c2)c1C(N)=O. The van der Waals surface area contributed by atoms with Crippen molar-refractivity contribution in [1.82, 2.24) is 0 Å². The van der Waals surface area contributed by atoms with Gasteiger partial charge in [0.2, 0.25) is 11.7 Å². The van der Waals surface area contributed by atoms with Gasteiger partial charge in [-0.05, 0) is 36.8 Å². The van der Waals surface area contributed by atoms with Crippen molar-refractivity contribution >= 4 is 46.4 Å². The van der Waals surface area contributed by atoms with Gasteiger partial charge in [-0.2, -0.15) is 0 Å². The van der Waals surface area contributed by atoms with E-state index in [0.29, 0.717) is 37.0 Å². The zero-order valence-electron chi connectivity index (χ0n) is 15.5. The van der Waals surface area contributed by atoms with Gasteiger partial charge in [-0.1, -0.05) is 48.0 Å². The van der Waals surface area contributed by atoms with Crippen LogP contribution >= 0.6 is 22.9 Å². The van der Waals surface area contributed by atoms with Gasteiger partial charge in [0, 0.05) is 38.5 Å². The number of benzene rings is 2. The summed E-state index contributed by atoms with van der Waals surface area (Å²) >= 11 is 7.45. The van der Waals surface area contributed by atoms with Crippen molar-refractivity contribution in [3.8, 4) is 11.1 Å². The van der Waals surface area contributed by atoms with E-state index in [9.17, 15) is 9.59 Å². The highest BCUT2D eigenvalue weighted by Crippen LogP contribution is 2.39. The molecule has 0 fully saturated rings. The van der Waals surface area contributed by atoms with Crippen LogP contribution in [0.25, 0.3) is 17.2 Å². The van der Waals surface area contributed by atoms with E-state index >= 15 is 0 Å². The van der Waals surface area contributed by atoms with E-state index in [1.807, 2.05) is 42.6 Å². The summed E-state index contributed by atoms with van der Waals surface area (Å²) in [6.45, 7) is 1.80. The minimum atomic E-state index is -0.564. The van der Waals surface area contributed by atoms with Gasteiger partial charge in [0.15, 0.2) is 0 Å². The van der Waals surface area contributed by atoms with Crippen molar-refractivity contribution in [2.75, 3.05) is 5.32 Å². The van der Waals surface area contributed by atoms with E-state index in [1.165, 1.54) is 11.3 Å². The molecule has 0 saturated heterocycles. The molecule has 0 spiro atoms. The smallest absolute Gasteiger partial charge is 0.250 e. The molecule has 3 N–H and O–H groups in total. The van der Waals surface area contributed by atoms with Crippen molar-refractivity contribution in [2.45, 2.75) is 6.92 Å². The zero-order valence-corrected chi connectivity index (χ0v) is 17.1. The van der Waals surface area contributed by atoms with Gasteiger partial charge in [0.25, 0.3) is 0 Å². The lowest BCUT2D eigenvalue weighted by atomic mass is 9.94. The summed E-state index contributed by atoms with van der Waals surface area (Å²) in [5.41, 5.74) is 9.44. The summed E-state index contributed by atoms with van der Waals surface area (Å²) in [7, 11) is 0. The first kappa shape index (κ1) is 19.2. The fourth-order valence-electron chi connectivity index (χ4n) is 3.46. The molecule has 0 aliphatic carbocycles. The molecule has 4 nitrogen and oxygen atoms in total. The highest BCUT2D eigenvalue weighted by Gasteiger charge is 2.27. The molecule has 2 aromatic carbocycles. The number of halogens is 1. The number of aryl methyl sites for hydroxylation is 1. The Labute approximate surface area is 177 Å². The van der Waals surface area contributed by atoms with Crippen LogP contribution < -0.4 is 11.1 Å². The van der Waals surface area contributed by atoms with Crippen LogP contribution in [0.5, 0.6) is 0 Å². The topological polar surface area (TPSA) is 72.2 Å².